The van der Waals surface area contributed by atoms with Gasteiger partial charge in [-0.05, 0) is 43.2 Å². The van der Waals surface area contributed by atoms with Crippen LogP contribution in [0.25, 0.3) is 0 Å². The maximum absolute atomic E-state index is 14.4. The summed E-state index contributed by atoms with van der Waals surface area (Å²) in [5.41, 5.74) is 1.49. The number of benzene rings is 1. The number of nitrogens with zero attached hydrogens (tertiary/aromatic N) is 2. The molecule has 1 aliphatic heterocycles. The van der Waals surface area contributed by atoms with Gasteiger partial charge in [0.15, 0.2) is 0 Å². The van der Waals surface area contributed by atoms with Crippen LogP contribution in [-0.2, 0) is 16.6 Å². The Morgan fingerprint density at radius 2 is 2.00 bits per heavy atom. The number of nitrogens with one attached hydrogen (secondary N) is 2. The number of alkyl halides is 2. The lowest BCUT2D eigenvalue weighted by atomic mass is 9.81. The van der Waals surface area contributed by atoms with Crippen molar-refractivity contribution in [2.24, 2.45) is 0 Å². The Labute approximate surface area is 187 Å². The van der Waals surface area contributed by atoms with E-state index < -0.39 is 35.9 Å². The minimum Gasteiger partial charge on any atom is -0.336 e. The molecule has 2 aliphatic carbocycles. The maximum Gasteiger partial charge on any atom is 0.318 e. The molecule has 172 valence electrons. The van der Waals surface area contributed by atoms with E-state index in [4.69, 9.17) is 0 Å². The van der Waals surface area contributed by atoms with Crippen molar-refractivity contribution in [2.75, 3.05) is 13.1 Å². The molecule has 3 aliphatic rings. The van der Waals surface area contributed by atoms with Gasteiger partial charge in [0.25, 0.3) is 5.92 Å². The molecule has 3 amide bonds. The fourth-order valence-electron chi connectivity index (χ4n) is 5.16. The highest BCUT2D eigenvalue weighted by Gasteiger charge is 2.48. The molecule has 1 aromatic carbocycles. The van der Waals surface area contributed by atoms with E-state index in [0.29, 0.717) is 25.9 Å². The number of rotatable bonds is 7. The minimum atomic E-state index is -3.08. The van der Waals surface area contributed by atoms with Gasteiger partial charge in [0, 0.05) is 31.3 Å². The second-order valence-corrected chi connectivity index (χ2v) is 9.60. The summed E-state index contributed by atoms with van der Waals surface area (Å²) in [5.74, 6) is -3.79. The van der Waals surface area contributed by atoms with Crippen molar-refractivity contribution < 1.29 is 18.4 Å². The lowest BCUT2D eigenvalue weighted by molar-refractivity contribution is -0.126. The number of amides is 3. The van der Waals surface area contributed by atoms with E-state index in [0.717, 1.165) is 19.3 Å². The SMILES string of the molecule is CCCC(F)(F)CC(NC(=O)N1CCC2(CCc3ccccc32)C1)C(=O)NC1(C#N)CC1. The van der Waals surface area contributed by atoms with Crippen LogP contribution in [0.5, 0.6) is 0 Å². The smallest absolute Gasteiger partial charge is 0.318 e. The van der Waals surface area contributed by atoms with Crippen molar-refractivity contribution in [1.29, 1.82) is 5.26 Å². The van der Waals surface area contributed by atoms with Gasteiger partial charge in [0.05, 0.1) is 6.07 Å². The Morgan fingerprint density at radius 1 is 1.25 bits per heavy atom. The molecule has 2 N–H and O–H groups in total. The van der Waals surface area contributed by atoms with Crippen molar-refractivity contribution in [1.82, 2.24) is 15.5 Å². The van der Waals surface area contributed by atoms with Gasteiger partial charge in [-0.3, -0.25) is 4.79 Å². The topological polar surface area (TPSA) is 85.2 Å². The van der Waals surface area contributed by atoms with E-state index in [9.17, 15) is 23.6 Å². The predicted octanol–water partition coefficient (Wildman–Crippen LogP) is 3.65. The van der Waals surface area contributed by atoms with Crippen LogP contribution < -0.4 is 10.6 Å². The van der Waals surface area contributed by atoms with Crippen LogP contribution >= 0.6 is 0 Å². The third-order valence-electron chi connectivity index (χ3n) is 7.16. The summed E-state index contributed by atoms with van der Waals surface area (Å²) >= 11 is 0. The zero-order valence-corrected chi connectivity index (χ0v) is 18.4. The van der Waals surface area contributed by atoms with Gasteiger partial charge in [0.1, 0.15) is 11.6 Å². The number of likely N-dealkylation sites (tertiary alicyclic amines) is 1. The number of hydrogen-bond acceptors (Lipinski definition) is 3. The monoisotopic (exact) mass is 444 g/mol. The second-order valence-electron chi connectivity index (χ2n) is 9.60. The fraction of sp³-hybridized carbons (Fsp3) is 0.625. The van der Waals surface area contributed by atoms with Crippen LogP contribution in [-0.4, -0.2) is 47.4 Å². The van der Waals surface area contributed by atoms with Crippen LogP contribution in [0.3, 0.4) is 0 Å². The van der Waals surface area contributed by atoms with Gasteiger partial charge in [0.2, 0.25) is 5.91 Å². The summed E-state index contributed by atoms with van der Waals surface area (Å²) in [4.78, 5) is 27.4. The molecule has 0 aromatic heterocycles. The van der Waals surface area contributed by atoms with Crippen LogP contribution in [0, 0.1) is 11.3 Å². The molecule has 2 atom stereocenters. The molecule has 2 fully saturated rings. The van der Waals surface area contributed by atoms with Gasteiger partial charge in [-0.15, -0.1) is 0 Å². The van der Waals surface area contributed by atoms with E-state index >= 15 is 0 Å². The molecule has 1 saturated heterocycles. The molecule has 1 saturated carbocycles. The highest BCUT2D eigenvalue weighted by molar-refractivity contribution is 5.88. The summed E-state index contributed by atoms with van der Waals surface area (Å²) < 4.78 is 28.8. The number of fused-ring (bicyclic) bond motifs is 2. The van der Waals surface area contributed by atoms with Crippen molar-refractivity contribution in [3.8, 4) is 6.07 Å². The number of carbonyl (C=O) groups excluding carboxylic acids is 2. The third-order valence-corrected chi connectivity index (χ3v) is 7.16. The zero-order valence-electron chi connectivity index (χ0n) is 18.4. The molecule has 1 spiro atoms. The Morgan fingerprint density at radius 3 is 2.69 bits per heavy atom. The molecule has 0 radical (unpaired) electrons. The molecular formula is C24H30F2N4O2. The highest BCUT2D eigenvalue weighted by atomic mass is 19.3. The van der Waals surface area contributed by atoms with E-state index in [1.165, 1.54) is 11.1 Å². The average molecular weight is 445 g/mol. The summed E-state index contributed by atoms with van der Waals surface area (Å²) in [6.45, 7) is 2.68. The Balaban J connectivity index is 1.45. The fourth-order valence-corrected chi connectivity index (χ4v) is 5.16. The number of carbonyl (C=O) groups is 2. The van der Waals surface area contributed by atoms with Gasteiger partial charge in [-0.25, -0.2) is 13.6 Å². The highest BCUT2D eigenvalue weighted by Crippen LogP contribution is 2.45. The van der Waals surface area contributed by atoms with E-state index in [1.807, 2.05) is 18.2 Å². The van der Waals surface area contributed by atoms with Crippen LogP contribution in [0.1, 0.15) is 63.0 Å². The van der Waals surface area contributed by atoms with Crippen LogP contribution in [0.2, 0.25) is 0 Å². The zero-order chi connectivity index (χ0) is 23.0. The summed E-state index contributed by atoms with van der Waals surface area (Å²) in [6, 6.07) is 8.40. The summed E-state index contributed by atoms with van der Waals surface area (Å²) in [6.07, 6.45) is 2.87. The molecule has 8 heteroatoms. The number of nitriles is 1. The Hall–Kier alpha value is -2.69. The molecule has 2 unspecified atom stereocenters. The Kier molecular flexibility index (Phi) is 5.87. The number of halogens is 2. The molecule has 0 bridgehead atoms. The van der Waals surface area contributed by atoms with E-state index in [1.54, 1.807) is 11.8 Å². The van der Waals surface area contributed by atoms with Crippen LogP contribution in [0.4, 0.5) is 13.6 Å². The molecule has 1 aromatic rings. The van der Waals surface area contributed by atoms with Gasteiger partial charge in [-0.1, -0.05) is 37.6 Å². The van der Waals surface area contributed by atoms with Gasteiger partial charge >= 0.3 is 6.03 Å². The van der Waals surface area contributed by atoms with Crippen molar-refractivity contribution in [2.45, 2.75) is 81.2 Å². The summed E-state index contributed by atoms with van der Waals surface area (Å²) in [7, 11) is 0. The lowest BCUT2D eigenvalue weighted by Gasteiger charge is -2.28. The van der Waals surface area contributed by atoms with Crippen molar-refractivity contribution in [3.63, 3.8) is 0 Å². The predicted molar refractivity (Wildman–Crippen MR) is 115 cm³/mol. The van der Waals surface area contributed by atoms with Gasteiger partial charge < -0.3 is 15.5 Å². The average Bonchev–Trinajstić information content (AvgIpc) is 3.25. The second kappa shape index (κ2) is 8.34. The first-order valence-corrected chi connectivity index (χ1v) is 11.5. The summed E-state index contributed by atoms with van der Waals surface area (Å²) in [5, 5.41) is 14.4. The first-order valence-electron chi connectivity index (χ1n) is 11.5. The Bertz CT molecular complexity index is 940. The number of urea groups is 1. The van der Waals surface area contributed by atoms with E-state index in [-0.39, 0.29) is 18.3 Å². The number of hydrogen-bond donors (Lipinski definition) is 2. The third kappa shape index (κ3) is 4.43. The molecular weight excluding hydrogens is 414 g/mol. The standard InChI is InChI=1S/C24H30F2N4O2/c1-2-8-24(25,26)14-19(20(31)29-23(15-27)10-11-23)28-21(32)30-13-12-22(16-30)9-7-17-5-3-4-6-18(17)22/h3-6,19H,2,7-14,16H2,1H3,(H,28,32)(H,29,31). The molecule has 1 heterocycles. The van der Waals surface area contributed by atoms with Crippen molar-refractivity contribution >= 4 is 11.9 Å². The number of aryl methyl sites for hydroxylation is 1. The first-order chi connectivity index (χ1) is 15.2. The van der Waals surface area contributed by atoms with Gasteiger partial charge in [-0.2, -0.15) is 5.26 Å². The van der Waals surface area contributed by atoms with Crippen molar-refractivity contribution in [3.05, 3.63) is 35.4 Å². The quantitative estimate of drug-likeness (QED) is 0.673. The maximum atomic E-state index is 14.4. The minimum absolute atomic E-state index is 0.100. The molecule has 32 heavy (non-hydrogen) atoms. The van der Waals surface area contributed by atoms with E-state index in [2.05, 4.69) is 22.8 Å². The van der Waals surface area contributed by atoms with Crippen LogP contribution in [0.15, 0.2) is 24.3 Å². The largest absolute Gasteiger partial charge is 0.336 e. The normalized spacial score (nSPS) is 24.0. The molecule has 4 rings (SSSR count). The lowest BCUT2D eigenvalue weighted by Crippen LogP contribution is -2.55. The first kappa shape index (κ1) is 22.5. The molecule has 6 nitrogen and oxygen atoms in total.